The molecule has 1 aliphatic rings. The fourth-order valence-corrected chi connectivity index (χ4v) is 4.88. The first-order valence-corrected chi connectivity index (χ1v) is 13.0. The molecule has 0 unspecified atom stereocenters. The molecule has 0 saturated carbocycles. The molecule has 1 N–H and O–H groups in total. The third-order valence-corrected chi connectivity index (χ3v) is 6.98. The molecular weight excluding hydrogens is 455 g/mol. The number of sulfonamides is 1. The molecule has 6 nitrogen and oxygen atoms in total. The summed E-state index contributed by atoms with van der Waals surface area (Å²) >= 11 is 0. The summed E-state index contributed by atoms with van der Waals surface area (Å²) in [6.07, 6.45) is 0. The second kappa shape index (κ2) is 11.6. The van der Waals surface area contributed by atoms with Crippen LogP contribution in [0.4, 0.5) is 4.39 Å². The first-order chi connectivity index (χ1) is 16.5. The molecular formula is C26H29FN2O4S. The van der Waals surface area contributed by atoms with Gasteiger partial charge in [-0.3, -0.25) is 4.90 Å². The minimum atomic E-state index is -3.48. The van der Waals surface area contributed by atoms with Crippen LogP contribution in [-0.2, 0) is 27.1 Å². The van der Waals surface area contributed by atoms with E-state index in [0.29, 0.717) is 17.7 Å². The maximum absolute atomic E-state index is 14.6. The lowest BCUT2D eigenvalue weighted by Gasteiger charge is -2.26. The Balaban J connectivity index is 1.31. The summed E-state index contributed by atoms with van der Waals surface area (Å²) in [6, 6.07) is 21.4. The van der Waals surface area contributed by atoms with Gasteiger partial charge in [0.15, 0.2) is 11.6 Å². The van der Waals surface area contributed by atoms with E-state index < -0.39 is 15.8 Å². The van der Waals surface area contributed by atoms with Crippen LogP contribution in [0.25, 0.3) is 11.1 Å². The molecule has 3 aromatic rings. The largest absolute Gasteiger partial charge is 0.489 e. The molecule has 4 rings (SSSR count). The van der Waals surface area contributed by atoms with Crippen LogP contribution < -0.4 is 9.46 Å². The summed E-state index contributed by atoms with van der Waals surface area (Å²) < 4.78 is 53.0. The van der Waals surface area contributed by atoms with Gasteiger partial charge in [0.05, 0.1) is 19.0 Å². The third kappa shape index (κ3) is 7.11. The van der Waals surface area contributed by atoms with E-state index in [4.69, 9.17) is 9.47 Å². The van der Waals surface area contributed by atoms with Crippen molar-refractivity contribution in [1.29, 1.82) is 0 Å². The average Bonchev–Trinajstić information content (AvgIpc) is 2.85. The number of nitrogens with zero attached hydrogens (tertiary/aromatic N) is 1. The molecule has 180 valence electrons. The molecule has 1 heterocycles. The lowest BCUT2D eigenvalue weighted by atomic mass is 10.0. The minimum Gasteiger partial charge on any atom is -0.489 e. The zero-order valence-corrected chi connectivity index (χ0v) is 19.8. The van der Waals surface area contributed by atoms with Crippen molar-refractivity contribution in [2.24, 2.45) is 0 Å². The highest BCUT2D eigenvalue weighted by Gasteiger charge is 2.13. The number of hydrogen-bond donors (Lipinski definition) is 1. The Kier molecular flexibility index (Phi) is 8.29. The van der Waals surface area contributed by atoms with Gasteiger partial charge >= 0.3 is 0 Å². The van der Waals surface area contributed by atoms with Crippen LogP contribution in [0.3, 0.4) is 0 Å². The van der Waals surface area contributed by atoms with Gasteiger partial charge in [0.25, 0.3) is 0 Å². The van der Waals surface area contributed by atoms with Crippen LogP contribution in [0, 0.1) is 5.82 Å². The molecule has 0 radical (unpaired) electrons. The second-order valence-electron chi connectivity index (χ2n) is 8.21. The van der Waals surface area contributed by atoms with Crippen molar-refractivity contribution in [2.45, 2.75) is 12.3 Å². The smallest absolute Gasteiger partial charge is 0.216 e. The van der Waals surface area contributed by atoms with E-state index in [-0.39, 0.29) is 18.0 Å². The Labute approximate surface area is 200 Å². The van der Waals surface area contributed by atoms with Gasteiger partial charge < -0.3 is 9.47 Å². The van der Waals surface area contributed by atoms with Gasteiger partial charge in [-0.2, -0.15) is 0 Å². The molecule has 0 aromatic heterocycles. The number of nitrogens with one attached hydrogen (secondary N) is 1. The van der Waals surface area contributed by atoms with E-state index >= 15 is 0 Å². The normalized spacial score (nSPS) is 14.7. The van der Waals surface area contributed by atoms with Crippen LogP contribution in [-0.4, -0.2) is 52.8 Å². The molecule has 1 fully saturated rings. The Morgan fingerprint density at radius 2 is 1.62 bits per heavy atom. The van der Waals surface area contributed by atoms with Crippen LogP contribution in [0.5, 0.6) is 5.75 Å². The lowest BCUT2D eigenvalue weighted by Crippen LogP contribution is -2.38. The molecule has 34 heavy (non-hydrogen) atoms. The van der Waals surface area contributed by atoms with Crippen molar-refractivity contribution < 1.29 is 22.3 Å². The van der Waals surface area contributed by atoms with E-state index in [9.17, 15) is 12.8 Å². The lowest BCUT2D eigenvalue weighted by molar-refractivity contribution is 0.0320. The van der Waals surface area contributed by atoms with E-state index in [2.05, 4.69) is 9.62 Å². The number of hydrogen-bond acceptors (Lipinski definition) is 5. The fourth-order valence-electron chi connectivity index (χ4n) is 3.76. The van der Waals surface area contributed by atoms with E-state index in [0.717, 1.165) is 44.0 Å². The highest BCUT2D eigenvalue weighted by atomic mass is 32.2. The zero-order chi connectivity index (χ0) is 23.8. The van der Waals surface area contributed by atoms with Gasteiger partial charge in [-0.25, -0.2) is 17.5 Å². The van der Waals surface area contributed by atoms with Crippen LogP contribution >= 0.6 is 0 Å². The van der Waals surface area contributed by atoms with Crippen molar-refractivity contribution in [1.82, 2.24) is 9.62 Å². The van der Waals surface area contributed by atoms with E-state index in [1.807, 2.05) is 30.3 Å². The Morgan fingerprint density at radius 3 is 2.32 bits per heavy atom. The van der Waals surface area contributed by atoms with Crippen molar-refractivity contribution in [3.05, 3.63) is 89.7 Å². The standard InChI is InChI=1S/C26H29FN2O4S/c27-25-18-24(10-11-26(25)33-17-14-29-12-15-32-16-13-29)23-8-6-22(7-9-23)20-34(30,31)28-19-21-4-2-1-3-5-21/h1-11,18,28H,12-17,19-20H2. The van der Waals surface area contributed by atoms with Crippen molar-refractivity contribution in [3.63, 3.8) is 0 Å². The minimum absolute atomic E-state index is 0.121. The van der Waals surface area contributed by atoms with Crippen molar-refractivity contribution >= 4 is 10.0 Å². The number of ether oxygens (including phenoxy) is 2. The van der Waals surface area contributed by atoms with E-state index in [1.54, 1.807) is 36.4 Å². The quantitative estimate of drug-likeness (QED) is 0.474. The maximum atomic E-state index is 14.6. The highest BCUT2D eigenvalue weighted by Crippen LogP contribution is 2.26. The molecule has 1 saturated heterocycles. The van der Waals surface area contributed by atoms with Gasteiger partial charge in [0.1, 0.15) is 6.61 Å². The van der Waals surface area contributed by atoms with Crippen LogP contribution in [0.2, 0.25) is 0 Å². The zero-order valence-electron chi connectivity index (χ0n) is 19.0. The van der Waals surface area contributed by atoms with Gasteiger partial charge in [-0.15, -0.1) is 0 Å². The second-order valence-corrected chi connectivity index (χ2v) is 10.0. The van der Waals surface area contributed by atoms with Crippen LogP contribution in [0.15, 0.2) is 72.8 Å². The predicted octanol–water partition coefficient (Wildman–Crippen LogP) is 3.82. The molecule has 0 bridgehead atoms. The summed E-state index contributed by atoms with van der Waals surface area (Å²) in [6.45, 7) is 4.57. The molecule has 0 atom stereocenters. The van der Waals surface area contributed by atoms with Gasteiger partial charge in [0.2, 0.25) is 10.0 Å². The number of rotatable bonds is 10. The average molecular weight is 485 g/mol. The van der Waals surface area contributed by atoms with Crippen molar-refractivity contribution in [2.75, 3.05) is 39.5 Å². The highest BCUT2D eigenvalue weighted by molar-refractivity contribution is 7.88. The summed E-state index contributed by atoms with van der Waals surface area (Å²) in [5.74, 6) is -0.315. The third-order valence-electron chi connectivity index (χ3n) is 5.68. The molecule has 0 aliphatic carbocycles. The molecule has 0 spiro atoms. The Hall–Kier alpha value is -2.78. The molecule has 0 amide bonds. The van der Waals surface area contributed by atoms with Crippen molar-refractivity contribution in [3.8, 4) is 16.9 Å². The van der Waals surface area contributed by atoms with Crippen LogP contribution in [0.1, 0.15) is 11.1 Å². The Bertz CT molecular complexity index is 1170. The summed E-state index contributed by atoms with van der Waals surface area (Å²) in [4.78, 5) is 2.23. The first kappa shape index (κ1) is 24.3. The molecule has 8 heteroatoms. The van der Waals surface area contributed by atoms with Gasteiger partial charge in [-0.1, -0.05) is 60.7 Å². The van der Waals surface area contributed by atoms with Gasteiger partial charge in [-0.05, 0) is 34.4 Å². The number of halogens is 1. The monoisotopic (exact) mass is 484 g/mol. The summed E-state index contributed by atoms with van der Waals surface area (Å²) in [7, 11) is -3.48. The molecule has 1 aliphatic heterocycles. The first-order valence-electron chi connectivity index (χ1n) is 11.3. The topological polar surface area (TPSA) is 67.9 Å². The SMILES string of the molecule is O=S(=O)(Cc1ccc(-c2ccc(OCCN3CCOCC3)c(F)c2)cc1)NCc1ccccc1. The number of morpholine rings is 1. The summed E-state index contributed by atoms with van der Waals surface area (Å²) in [5.41, 5.74) is 3.07. The Morgan fingerprint density at radius 1 is 0.912 bits per heavy atom. The molecule has 3 aromatic carbocycles. The van der Waals surface area contributed by atoms with Gasteiger partial charge in [0, 0.05) is 26.2 Å². The summed E-state index contributed by atoms with van der Waals surface area (Å²) in [5, 5.41) is 0. The number of benzene rings is 3. The van der Waals surface area contributed by atoms with E-state index in [1.165, 1.54) is 6.07 Å². The maximum Gasteiger partial charge on any atom is 0.216 e. The fraction of sp³-hybridized carbons (Fsp3) is 0.308. The predicted molar refractivity (Wildman–Crippen MR) is 130 cm³/mol.